The van der Waals surface area contributed by atoms with E-state index in [1.807, 2.05) is 49.7 Å². The number of thiazole rings is 1. The lowest BCUT2D eigenvalue weighted by atomic mass is 10.1. The Bertz CT molecular complexity index is 820. The molecule has 1 unspecified atom stereocenters. The predicted octanol–water partition coefficient (Wildman–Crippen LogP) is 1.68. The van der Waals surface area contributed by atoms with Gasteiger partial charge in [-0.1, -0.05) is 23.5 Å². The standard InChI is InChI=1S/C15H17N3O2S2/c1-15(2)13(20)16-9(8-21-15)12(19)17-14-18(3)10-6-4-5-7-11(10)22-14/h4-7,9H,8H2,1-3H3,(H,16,20). The van der Waals surface area contributed by atoms with Crippen molar-refractivity contribution in [2.75, 3.05) is 5.75 Å². The second-order valence-corrected chi connectivity index (χ2v) is 8.36. The normalized spacial score (nSPS) is 21.9. The van der Waals surface area contributed by atoms with Crippen LogP contribution in [0.5, 0.6) is 0 Å². The summed E-state index contributed by atoms with van der Waals surface area (Å²) in [4.78, 5) is 29.2. The highest BCUT2D eigenvalue weighted by Gasteiger charge is 2.37. The Balaban J connectivity index is 1.89. The molecule has 1 fully saturated rings. The number of rotatable bonds is 1. The number of aryl methyl sites for hydroxylation is 1. The lowest BCUT2D eigenvalue weighted by Gasteiger charge is -2.31. The number of benzene rings is 1. The molecule has 1 N–H and O–H groups in total. The maximum Gasteiger partial charge on any atom is 0.271 e. The third-order valence-electron chi connectivity index (χ3n) is 3.68. The summed E-state index contributed by atoms with van der Waals surface area (Å²) in [6.45, 7) is 3.72. The van der Waals surface area contributed by atoms with Gasteiger partial charge < -0.3 is 9.88 Å². The van der Waals surface area contributed by atoms with E-state index < -0.39 is 10.8 Å². The number of aromatic nitrogens is 1. The van der Waals surface area contributed by atoms with Gasteiger partial charge >= 0.3 is 0 Å². The van der Waals surface area contributed by atoms with E-state index in [-0.39, 0.29) is 11.8 Å². The number of para-hydroxylation sites is 1. The summed E-state index contributed by atoms with van der Waals surface area (Å²) in [6, 6.07) is 7.38. The molecule has 0 spiro atoms. The predicted molar refractivity (Wildman–Crippen MR) is 89.8 cm³/mol. The third-order valence-corrected chi connectivity index (χ3v) is 6.20. The second kappa shape index (κ2) is 5.55. The summed E-state index contributed by atoms with van der Waals surface area (Å²) < 4.78 is 2.50. The fourth-order valence-electron chi connectivity index (χ4n) is 2.22. The zero-order valence-corrected chi connectivity index (χ0v) is 14.3. The number of carbonyl (C=O) groups is 2. The van der Waals surface area contributed by atoms with Crippen molar-refractivity contribution in [1.29, 1.82) is 0 Å². The number of carbonyl (C=O) groups excluding carboxylic acids is 2. The van der Waals surface area contributed by atoms with Crippen LogP contribution in [0.25, 0.3) is 10.2 Å². The molecule has 1 aromatic heterocycles. The maximum atomic E-state index is 12.4. The Morgan fingerprint density at radius 2 is 2.14 bits per heavy atom. The van der Waals surface area contributed by atoms with E-state index >= 15 is 0 Å². The smallest absolute Gasteiger partial charge is 0.271 e. The summed E-state index contributed by atoms with van der Waals surface area (Å²) in [6.07, 6.45) is 0. The van der Waals surface area contributed by atoms with Gasteiger partial charge in [0.05, 0.1) is 15.0 Å². The Labute approximate surface area is 136 Å². The first-order valence-electron chi connectivity index (χ1n) is 6.96. The maximum absolute atomic E-state index is 12.4. The van der Waals surface area contributed by atoms with Gasteiger partial charge in [0.1, 0.15) is 6.04 Å². The molecular weight excluding hydrogens is 318 g/mol. The number of hydrogen-bond donors (Lipinski definition) is 1. The quantitative estimate of drug-likeness (QED) is 0.862. The summed E-state index contributed by atoms with van der Waals surface area (Å²) in [7, 11) is 1.89. The van der Waals surface area contributed by atoms with Crippen LogP contribution < -0.4 is 10.1 Å². The van der Waals surface area contributed by atoms with Gasteiger partial charge in [0.25, 0.3) is 5.91 Å². The minimum Gasteiger partial charge on any atom is -0.342 e. The van der Waals surface area contributed by atoms with Gasteiger partial charge in [-0.2, -0.15) is 4.99 Å². The molecule has 0 radical (unpaired) electrons. The zero-order valence-electron chi connectivity index (χ0n) is 12.6. The number of nitrogens with zero attached hydrogens (tertiary/aromatic N) is 2. The Kier molecular flexibility index (Phi) is 3.86. The Hall–Kier alpha value is -1.60. The molecule has 2 amide bonds. The molecule has 3 rings (SSSR count). The van der Waals surface area contributed by atoms with Crippen molar-refractivity contribution < 1.29 is 9.59 Å². The van der Waals surface area contributed by atoms with Crippen molar-refractivity contribution in [3.63, 3.8) is 0 Å². The summed E-state index contributed by atoms with van der Waals surface area (Å²) in [5, 5.41) is 2.77. The molecule has 22 heavy (non-hydrogen) atoms. The van der Waals surface area contributed by atoms with Gasteiger partial charge in [0, 0.05) is 12.8 Å². The zero-order chi connectivity index (χ0) is 15.9. The fourth-order valence-corrected chi connectivity index (χ4v) is 4.25. The molecule has 1 saturated heterocycles. The average molecular weight is 335 g/mol. The number of thioether (sulfide) groups is 1. The van der Waals surface area contributed by atoms with Crippen LogP contribution in [0.1, 0.15) is 13.8 Å². The molecule has 2 heterocycles. The van der Waals surface area contributed by atoms with E-state index in [2.05, 4.69) is 10.3 Å². The average Bonchev–Trinajstić information content (AvgIpc) is 2.79. The van der Waals surface area contributed by atoms with Crippen LogP contribution in [0.3, 0.4) is 0 Å². The molecular formula is C15H17N3O2S2. The molecule has 7 heteroatoms. The van der Waals surface area contributed by atoms with Crippen molar-refractivity contribution in [1.82, 2.24) is 9.88 Å². The highest BCUT2D eigenvalue weighted by molar-refractivity contribution is 8.01. The van der Waals surface area contributed by atoms with Crippen LogP contribution in [0, 0.1) is 0 Å². The highest BCUT2D eigenvalue weighted by atomic mass is 32.2. The number of fused-ring (bicyclic) bond motifs is 1. The molecule has 1 atom stereocenters. The van der Waals surface area contributed by atoms with E-state index in [9.17, 15) is 9.59 Å². The minimum atomic E-state index is -0.546. The molecule has 116 valence electrons. The van der Waals surface area contributed by atoms with Crippen LogP contribution in [0.2, 0.25) is 0 Å². The fraction of sp³-hybridized carbons (Fsp3) is 0.400. The topological polar surface area (TPSA) is 63.5 Å². The van der Waals surface area contributed by atoms with E-state index in [4.69, 9.17) is 0 Å². The summed E-state index contributed by atoms with van der Waals surface area (Å²) in [5.74, 6) is 0.145. The van der Waals surface area contributed by atoms with Gasteiger partial charge in [-0.3, -0.25) is 9.59 Å². The van der Waals surface area contributed by atoms with Crippen molar-refractivity contribution >= 4 is 45.1 Å². The first-order valence-corrected chi connectivity index (χ1v) is 8.77. The Morgan fingerprint density at radius 3 is 2.82 bits per heavy atom. The SMILES string of the molecule is Cn1c(=NC(=O)C2CSC(C)(C)C(=O)N2)sc2ccccc21. The van der Waals surface area contributed by atoms with Crippen LogP contribution in [0.15, 0.2) is 29.3 Å². The van der Waals surface area contributed by atoms with Gasteiger partial charge in [-0.05, 0) is 26.0 Å². The summed E-state index contributed by atoms with van der Waals surface area (Å²) >= 11 is 2.96. The van der Waals surface area contributed by atoms with Crippen LogP contribution in [-0.2, 0) is 16.6 Å². The van der Waals surface area contributed by atoms with Crippen LogP contribution in [0.4, 0.5) is 0 Å². The second-order valence-electron chi connectivity index (χ2n) is 5.71. The molecule has 1 aromatic carbocycles. The summed E-state index contributed by atoms with van der Waals surface area (Å²) in [5.41, 5.74) is 1.04. The van der Waals surface area contributed by atoms with Gasteiger partial charge in [-0.15, -0.1) is 11.8 Å². The van der Waals surface area contributed by atoms with Crippen molar-refractivity contribution in [2.45, 2.75) is 24.6 Å². The lowest BCUT2D eigenvalue weighted by molar-refractivity contribution is -0.128. The van der Waals surface area contributed by atoms with Gasteiger partial charge in [0.2, 0.25) is 5.91 Å². The first-order chi connectivity index (χ1) is 10.4. The monoisotopic (exact) mass is 335 g/mol. The molecule has 2 aromatic rings. The van der Waals surface area contributed by atoms with E-state index in [0.717, 1.165) is 10.2 Å². The molecule has 1 aliphatic heterocycles. The van der Waals surface area contributed by atoms with Crippen LogP contribution >= 0.6 is 23.1 Å². The van der Waals surface area contributed by atoms with Crippen molar-refractivity contribution in [3.8, 4) is 0 Å². The van der Waals surface area contributed by atoms with Gasteiger partial charge in [-0.25, -0.2) is 0 Å². The van der Waals surface area contributed by atoms with Crippen LogP contribution in [-0.4, -0.2) is 32.9 Å². The van der Waals surface area contributed by atoms with E-state index in [1.165, 1.54) is 23.1 Å². The van der Waals surface area contributed by atoms with E-state index in [1.54, 1.807) is 0 Å². The molecule has 0 aliphatic carbocycles. The lowest BCUT2D eigenvalue weighted by Crippen LogP contribution is -2.54. The number of nitrogens with one attached hydrogen (secondary N) is 1. The number of amides is 2. The molecule has 5 nitrogen and oxygen atoms in total. The Morgan fingerprint density at radius 1 is 1.41 bits per heavy atom. The highest BCUT2D eigenvalue weighted by Crippen LogP contribution is 2.29. The largest absolute Gasteiger partial charge is 0.342 e. The van der Waals surface area contributed by atoms with Gasteiger partial charge in [0.15, 0.2) is 4.80 Å². The first kappa shape index (κ1) is 15.3. The molecule has 1 aliphatic rings. The van der Waals surface area contributed by atoms with Crippen molar-refractivity contribution in [2.24, 2.45) is 12.0 Å². The molecule has 0 bridgehead atoms. The minimum absolute atomic E-state index is 0.113. The van der Waals surface area contributed by atoms with Crippen molar-refractivity contribution in [3.05, 3.63) is 29.1 Å². The number of hydrogen-bond acceptors (Lipinski definition) is 4. The third kappa shape index (κ3) is 2.70. The van der Waals surface area contributed by atoms with E-state index in [0.29, 0.717) is 10.6 Å². The molecule has 0 saturated carbocycles.